The topological polar surface area (TPSA) is 114 Å². The summed E-state index contributed by atoms with van der Waals surface area (Å²) in [6.45, 7) is 1.63. The van der Waals surface area contributed by atoms with Crippen molar-refractivity contribution in [1.82, 2.24) is 10.2 Å². The van der Waals surface area contributed by atoms with Gasteiger partial charge in [-0.25, -0.2) is 4.79 Å². The number of benzene rings is 1. The van der Waals surface area contributed by atoms with Crippen LogP contribution in [-0.2, 0) is 19.1 Å². The maximum Gasteiger partial charge on any atom is 0.325 e. The molecule has 2 fully saturated rings. The molecular weight excluding hydrogens is 390 g/mol. The van der Waals surface area contributed by atoms with Crippen molar-refractivity contribution in [2.45, 2.75) is 57.1 Å². The highest BCUT2D eigenvalue weighted by Gasteiger charge is 2.52. The lowest BCUT2D eigenvalue weighted by atomic mass is 9.98. The van der Waals surface area contributed by atoms with Crippen LogP contribution in [0.1, 0.15) is 45.4 Å². The van der Waals surface area contributed by atoms with Crippen molar-refractivity contribution in [1.29, 1.82) is 0 Å². The van der Waals surface area contributed by atoms with E-state index in [0.29, 0.717) is 24.3 Å². The quantitative estimate of drug-likeness (QED) is 0.495. The van der Waals surface area contributed by atoms with Crippen LogP contribution < -0.4 is 15.4 Å². The van der Waals surface area contributed by atoms with Crippen molar-refractivity contribution in [3.05, 3.63) is 24.3 Å². The molecule has 30 heavy (non-hydrogen) atoms. The number of esters is 1. The van der Waals surface area contributed by atoms with E-state index in [2.05, 4.69) is 10.6 Å². The summed E-state index contributed by atoms with van der Waals surface area (Å²) in [7, 11) is 1.55. The van der Waals surface area contributed by atoms with E-state index in [4.69, 9.17) is 9.47 Å². The number of nitrogens with zero attached hydrogens (tertiary/aromatic N) is 1. The van der Waals surface area contributed by atoms with Crippen LogP contribution in [0.5, 0.6) is 5.75 Å². The predicted octanol–water partition coefficient (Wildman–Crippen LogP) is 2.21. The molecular formula is C21H27N3O6. The van der Waals surface area contributed by atoms with Crippen LogP contribution in [0.15, 0.2) is 24.3 Å². The number of imide groups is 1. The van der Waals surface area contributed by atoms with Gasteiger partial charge in [-0.05, 0) is 50.5 Å². The van der Waals surface area contributed by atoms with Gasteiger partial charge in [0.1, 0.15) is 11.3 Å². The molecule has 3 rings (SSSR count). The van der Waals surface area contributed by atoms with Gasteiger partial charge in [-0.2, -0.15) is 0 Å². The highest BCUT2D eigenvalue weighted by molar-refractivity contribution is 6.07. The third kappa shape index (κ3) is 4.72. The lowest BCUT2D eigenvalue weighted by Gasteiger charge is -2.20. The Kier molecular flexibility index (Phi) is 6.59. The second-order valence-electron chi connectivity index (χ2n) is 7.63. The first-order chi connectivity index (χ1) is 14.3. The molecule has 9 heteroatoms. The molecule has 1 atom stereocenters. The Morgan fingerprint density at radius 1 is 1.20 bits per heavy atom. The van der Waals surface area contributed by atoms with Gasteiger partial charge in [0.15, 0.2) is 6.10 Å². The van der Waals surface area contributed by atoms with E-state index in [1.165, 1.54) is 11.8 Å². The molecule has 4 amide bonds. The lowest BCUT2D eigenvalue weighted by Crippen LogP contribution is -2.44. The van der Waals surface area contributed by atoms with Gasteiger partial charge in [-0.15, -0.1) is 0 Å². The first-order valence-corrected chi connectivity index (χ1v) is 10.1. The van der Waals surface area contributed by atoms with Crippen LogP contribution in [0.2, 0.25) is 0 Å². The van der Waals surface area contributed by atoms with Crippen molar-refractivity contribution in [3.63, 3.8) is 0 Å². The third-order valence-corrected chi connectivity index (χ3v) is 5.50. The second kappa shape index (κ2) is 9.15. The molecule has 1 spiro atoms. The number of urea groups is 1. The highest BCUT2D eigenvalue weighted by Crippen LogP contribution is 2.35. The van der Waals surface area contributed by atoms with E-state index in [9.17, 15) is 19.2 Å². The SMILES string of the molecule is COc1ccc(NC(=O)[C@@H](C)OC(=O)CCCN2C(=O)NC3(CCCC3)C2=O)cc1. The van der Waals surface area contributed by atoms with Crippen LogP contribution in [0.25, 0.3) is 0 Å². The third-order valence-electron chi connectivity index (χ3n) is 5.50. The van der Waals surface area contributed by atoms with Gasteiger partial charge in [0.25, 0.3) is 11.8 Å². The zero-order chi connectivity index (χ0) is 21.7. The van der Waals surface area contributed by atoms with E-state index in [-0.39, 0.29) is 25.3 Å². The second-order valence-corrected chi connectivity index (χ2v) is 7.63. The Bertz CT molecular complexity index is 817. The number of amides is 4. The fraction of sp³-hybridized carbons (Fsp3) is 0.524. The number of hydrogen-bond acceptors (Lipinski definition) is 6. The number of rotatable bonds is 8. The van der Waals surface area contributed by atoms with Gasteiger partial charge >= 0.3 is 12.0 Å². The Morgan fingerprint density at radius 2 is 1.87 bits per heavy atom. The van der Waals surface area contributed by atoms with Crippen molar-refractivity contribution < 1.29 is 28.7 Å². The summed E-state index contributed by atoms with van der Waals surface area (Å²) in [5.41, 5.74) is -0.186. The summed E-state index contributed by atoms with van der Waals surface area (Å²) in [6, 6.07) is 6.37. The van der Waals surface area contributed by atoms with Crippen molar-refractivity contribution >= 4 is 29.5 Å². The molecule has 0 aromatic heterocycles. The Labute approximate surface area is 175 Å². The Hall–Kier alpha value is -3.10. The number of carbonyl (C=O) groups excluding carboxylic acids is 4. The maximum atomic E-state index is 12.6. The molecule has 1 heterocycles. The molecule has 162 valence electrons. The molecule has 1 aromatic rings. The van der Waals surface area contributed by atoms with E-state index >= 15 is 0 Å². The molecule has 1 aliphatic carbocycles. The summed E-state index contributed by atoms with van der Waals surface area (Å²) in [4.78, 5) is 50.1. The molecule has 0 unspecified atom stereocenters. The summed E-state index contributed by atoms with van der Waals surface area (Å²) >= 11 is 0. The average Bonchev–Trinajstić information content (AvgIpc) is 3.28. The summed E-state index contributed by atoms with van der Waals surface area (Å²) in [6.07, 6.45) is 2.47. The molecule has 0 bridgehead atoms. The highest BCUT2D eigenvalue weighted by atomic mass is 16.5. The fourth-order valence-corrected chi connectivity index (χ4v) is 3.81. The normalized spacial score (nSPS) is 18.3. The molecule has 2 N–H and O–H groups in total. The van der Waals surface area contributed by atoms with Gasteiger partial charge < -0.3 is 20.1 Å². The molecule has 1 saturated heterocycles. The van der Waals surface area contributed by atoms with Crippen LogP contribution in [0, 0.1) is 0 Å². The van der Waals surface area contributed by atoms with E-state index < -0.39 is 29.6 Å². The number of anilines is 1. The molecule has 1 aromatic carbocycles. The minimum absolute atomic E-state index is 0.00418. The van der Waals surface area contributed by atoms with Gasteiger partial charge in [-0.1, -0.05) is 12.8 Å². The zero-order valence-electron chi connectivity index (χ0n) is 17.2. The van der Waals surface area contributed by atoms with Gasteiger partial charge in [0, 0.05) is 18.7 Å². The number of carbonyl (C=O) groups is 4. The summed E-state index contributed by atoms with van der Waals surface area (Å²) < 4.78 is 10.2. The standard InChI is InChI=1S/C21H27N3O6/c1-14(18(26)22-15-7-9-16(29-2)10-8-15)30-17(25)6-5-13-24-19(27)21(23-20(24)28)11-3-4-12-21/h7-10,14H,3-6,11-13H2,1-2H3,(H,22,26)(H,23,28)/t14-/m1/s1. The molecule has 1 saturated carbocycles. The first-order valence-electron chi connectivity index (χ1n) is 10.1. The molecule has 1 aliphatic heterocycles. The van der Waals surface area contributed by atoms with Crippen LogP contribution in [-0.4, -0.2) is 54.0 Å². The smallest absolute Gasteiger partial charge is 0.325 e. The van der Waals surface area contributed by atoms with Crippen LogP contribution >= 0.6 is 0 Å². The molecule has 9 nitrogen and oxygen atoms in total. The van der Waals surface area contributed by atoms with Crippen molar-refractivity contribution in [2.75, 3.05) is 19.0 Å². The molecule has 2 aliphatic rings. The maximum absolute atomic E-state index is 12.6. The minimum Gasteiger partial charge on any atom is -0.497 e. The fourth-order valence-electron chi connectivity index (χ4n) is 3.81. The number of ether oxygens (including phenoxy) is 2. The monoisotopic (exact) mass is 417 g/mol. The Balaban J connectivity index is 1.41. The van der Waals surface area contributed by atoms with E-state index in [1.807, 2.05) is 0 Å². The molecule has 0 radical (unpaired) electrons. The van der Waals surface area contributed by atoms with E-state index in [0.717, 1.165) is 12.8 Å². The van der Waals surface area contributed by atoms with Crippen LogP contribution in [0.4, 0.5) is 10.5 Å². The van der Waals surface area contributed by atoms with Crippen LogP contribution in [0.3, 0.4) is 0 Å². The number of methoxy groups -OCH3 is 1. The number of nitrogens with one attached hydrogen (secondary N) is 2. The number of hydrogen-bond donors (Lipinski definition) is 2. The Morgan fingerprint density at radius 3 is 2.50 bits per heavy atom. The van der Waals surface area contributed by atoms with E-state index in [1.54, 1.807) is 31.4 Å². The summed E-state index contributed by atoms with van der Waals surface area (Å²) in [5, 5.41) is 5.47. The average molecular weight is 417 g/mol. The minimum atomic E-state index is -0.974. The van der Waals surface area contributed by atoms with Crippen molar-refractivity contribution in [3.8, 4) is 5.75 Å². The van der Waals surface area contributed by atoms with Gasteiger partial charge in [-0.3, -0.25) is 19.3 Å². The van der Waals surface area contributed by atoms with Crippen molar-refractivity contribution in [2.24, 2.45) is 0 Å². The first kappa shape index (κ1) is 21.6. The zero-order valence-corrected chi connectivity index (χ0v) is 17.2. The largest absolute Gasteiger partial charge is 0.497 e. The van der Waals surface area contributed by atoms with Gasteiger partial charge in [0.05, 0.1) is 7.11 Å². The summed E-state index contributed by atoms with van der Waals surface area (Å²) in [5.74, 6) is -0.553. The predicted molar refractivity (Wildman–Crippen MR) is 108 cm³/mol. The van der Waals surface area contributed by atoms with Gasteiger partial charge in [0.2, 0.25) is 0 Å². The lowest BCUT2D eigenvalue weighted by molar-refractivity contribution is -0.153.